The average Bonchev–Trinajstić information content (AvgIpc) is 2.15. The van der Waals surface area contributed by atoms with E-state index in [1.807, 2.05) is 0 Å². The number of nitrogens with one attached hydrogen (secondary N) is 2. The third kappa shape index (κ3) is 3.95. The van der Waals surface area contributed by atoms with E-state index in [2.05, 4.69) is 36.3 Å². The highest BCUT2D eigenvalue weighted by atomic mass is 32.1. The van der Waals surface area contributed by atoms with Crippen molar-refractivity contribution in [2.24, 2.45) is 0 Å². The molecule has 0 spiro atoms. The first-order valence-electron chi connectivity index (χ1n) is 5.98. The summed E-state index contributed by atoms with van der Waals surface area (Å²) in [5, 5.41) is 7.27. The lowest BCUT2D eigenvalue weighted by molar-refractivity contribution is 0.112. The Morgan fingerprint density at radius 1 is 1.13 bits per heavy atom. The number of rotatable bonds is 5. The van der Waals surface area contributed by atoms with Gasteiger partial charge in [0.15, 0.2) is 5.11 Å². The van der Waals surface area contributed by atoms with Crippen LogP contribution in [0.3, 0.4) is 0 Å². The van der Waals surface area contributed by atoms with Gasteiger partial charge in [-0.3, -0.25) is 4.90 Å². The van der Waals surface area contributed by atoms with Crippen molar-refractivity contribution in [2.75, 3.05) is 6.54 Å². The van der Waals surface area contributed by atoms with Crippen molar-refractivity contribution in [1.82, 2.24) is 15.5 Å². The Morgan fingerprint density at radius 2 is 1.73 bits per heavy atom. The average molecular weight is 229 g/mol. The Hall–Kier alpha value is -0.350. The van der Waals surface area contributed by atoms with Crippen LogP contribution in [0.4, 0.5) is 0 Å². The molecule has 15 heavy (non-hydrogen) atoms. The molecule has 0 aromatic rings. The maximum Gasteiger partial charge on any atom is 0.168 e. The molecule has 0 radical (unpaired) electrons. The highest BCUT2D eigenvalue weighted by molar-refractivity contribution is 7.80. The maximum absolute atomic E-state index is 5.12. The monoisotopic (exact) mass is 229 g/mol. The lowest BCUT2D eigenvalue weighted by atomic mass is 10.2. The molecule has 88 valence electrons. The summed E-state index contributed by atoms with van der Waals surface area (Å²) >= 11 is 5.12. The van der Waals surface area contributed by atoms with Gasteiger partial charge in [0.1, 0.15) is 0 Å². The second-order valence-electron chi connectivity index (χ2n) is 4.27. The molecule has 1 saturated heterocycles. The molecule has 1 heterocycles. The predicted octanol–water partition coefficient (Wildman–Crippen LogP) is 2.04. The van der Waals surface area contributed by atoms with Gasteiger partial charge in [0.25, 0.3) is 0 Å². The van der Waals surface area contributed by atoms with Crippen molar-refractivity contribution in [1.29, 1.82) is 0 Å². The summed E-state index contributed by atoms with van der Waals surface area (Å²) in [6.07, 6.45) is 5.96. The molecule has 0 aromatic carbocycles. The van der Waals surface area contributed by atoms with Crippen LogP contribution in [0.5, 0.6) is 0 Å². The van der Waals surface area contributed by atoms with Crippen molar-refractivity contribution in [3.05, 3.63) is 0 Å². The Labute approximate surface area is 98.6 Å². The van der Waals surface area contributed by atoms with Crippen molar-refractivity contribution in [2.45, 2.75) is 58.8 Å². The first-order chi connectivity index (χ1) is 7.15. The van der Waals surface area contributed by atoms with Gasteiger partial charge in [-0.2, -0.15) is 0 Å². The van der Waals surface area contributed by atoms with Crippen LogP contribution in [0.15, 0.2) is 0 Å². The van der Waals surface area contributed by atoms with Crippen LogP contribution in [-0.4, -0.2) is 28.9 Å². The topological polar surface area (TPSA) is 27.3 Å². The SMILES string of the molecule is CCCCCCN1C(C)NC(=S)NC1C. The molecule has 0 aliphatic carbocycles. The van der Waals surface area contributed by atoms with E-state index in [-0.39, 0.29) is 0 Å². The molecule has 1 aliphatic rings. The minimum Gasteiger partial charge on any atom is -0.347 e. The van der Waals surface area contributed by atoms with Crippen LogP contribution < -0.4 is 10.6 Å². The summed E-state index contributed by atoms with van der Waals surface area (Å²) in [7, 11) is 0. The van der Waals surface area contributed by atoms with E-state index in [9.17, 15) is 0 Å². The standard InChI is InChI=1S/C11H23N3S/c1-4-5-6-7-8-14-9(2)12-11(15)13-10(14)3/h9-10H,4-8H2,1-3H3,(H2,12,13,15). The number of hydrogen-bond acceptors (Lipinski definition) is 2. The Bertz CT molecular complexity index is 194. The molecular formula is C11H23N3S. The summed E-state index contributed by atoms with van der Waals surface area (Å²) in [4.78, 5) is 2.42. The fourth-order valence-electron chi connectivity index (χ4n) is 2.03. The highest BCUT2D eigenvalue weighted by Gasteiger charge is 2.25. The lowest BCUT2D eigenvalue weighted by Crippen LogP contribution is -2.64. The van der Waals surface area contributed by atoms with Gasteiger partial charge in [-0.1, -0.05) is 26.2 Å². The zero-order chi connectivity index (χ0) is 11.3. The largest absolute Gasteiger partial charge is 0.347 e. The summed E-state index contributed by atoms with van der Waals surface area (Å²) < 4.78 is 0. The Balaban J connectivity index is 2.29. The minimum absolute atomic E-state index is 0.357. The zero-order valence-corrected chi connectivity index (χ0v) is 10.9. The molecule has 0 saturated carbocycles. The summed E-state index contributed by atoms with van der Waals surface area (Å²) in [5.74, 6) is 0. The molecular weight excluding hydrogens is 206 g/mol. The van der Waals surface area contributed by atoms with Crippen molar-refractivity contribution >= 4 is 17.3 Å². The number of thiocarbonyl (C=S) groups is 1. The lowest BCUT2D eigenvalue weighted by Gasteiger charge is -2.41. The fraction of sp³-hybridized carbons (Fsp3) is 0.909. The van der Waals surface area contributed by atoms with Crippen LogP contribution in [0, 0.1) is 0 Å². The summed E-state index contributed by atoms with van der Waals surface area (Å²) in [6.45, 7) is 7.73. The molecule has 1 aliphatic heterocycles. The van der Waals surface area contributed by atoms with Gasteiger partial charge in [-0.25, -0.2) is 0 Å². The predicted molar refractivity (Wildman–Crippen MR) is 68.6 cm³/mol. The number of unbranched alkanes of at least 4 members (excludes halogenated alkanes) is 3. The molecule has 0 aromatic heterocycles. The Morgan fingerprint density at radius 3 is 2.27 bits per heavy atom. The maximum atomic E-state index is 5.12. The van der Waals surface area contributed by atoms with E-state index in [1.165, 1.54) is 25.7 Å². The van der Waals surface area contributed by atoms with E-state index >= 15 is 0 Å². The molecule has 2 N–H and O–H groups in total. The van der Waals surface area contributed by atoms with Gasteiger partial charge < -0.3 is 10.6 Å². The normalized spacial score (nSPS) is 27.3. The molecule has 1 rings (SSSR count). The molecule has 2 unspecified atom stereocenters. The van der Waals surface area contributed by atoms with Gasteiger partial charge in [-0.05, 0) is 32.5 Å². The third-order valence-corrected chi connectivity index (χ3v) is 3.18. The van der Waals surface area contributed by atoms with Crippen LogP contribution in [-0.2, 0) is 0 Å². The molecule has 0 bridgehead atoms. The third-order valence-electron chi connectivity index (χ3n) is 2.94. The molecule has 0 amide bonds. The number of hydrogen-bond donors (Lipinski definition) is 2. The summed E-state index contributed by atoms with van der Waals surface area (Å²) in [5.41, 5.74) is 0. The van der Waals surface area contributed by atoms with Crippen LogP contribution >= 0.6 is 12.2 Å². The van der Waals surface area contributed by atoms with Gasteiger partial charge in [-0.15, -0.1) is 0 Å². The van der Waals surface area contributed by atoms with Crippen molar-refractivity contribution in [3.8, 4) is 0 Å². The quantitative estimate of drug-likeness (QED) is 0.557. The molecule has 3 nitrogen and oxygen atoms in total. The first-order valence-corrected chi connectivity index (χ1v) is 6.38. The molecule has 2 atom stereocenters. The van der Waals surface area contributed by atoms with Crippen LogP contribution in [0.1, 0.15) is 46.5 Å². The van der Waals surface area contributed by atoms with E-state index in [0.717, 1.165) is 11.7 Å². The van der Waals surface area contributed by atoms with Gasteiger partial charge >= 0.3 is 0 Å². The van der Waals surface area contributed by atoms with Gasteiger partial charge in [0.2, 0.25) is 0 Å². The van der Waals surface area contributed by atoms with E-state index in [1.54, 1.807) is 0 Å². The Kier molecular flexibility index (Phi) is 5.32. The van der Waals surface area contributed by atoms with Crippen LogP contribution in [0.2, 0.25) is 0 Å². The summed E-state index contributed by atoms with van der Waals surface area (Å²) in [6, 6.07) is 0. The second kappa shape index (κ2) is 6.28. The van der Waals surface area contributed by atoms with E-state index in [0.29, 0.717) is 12.3 Å². The molecule has 1 fully saturated rings. The minimum atomic E-state index is 0.357. The number of nitrogens with zero attached hydrogens (tertiary/aromatic N) is 1. The second-order valence-corrected chi connectivity index (χ2v) is 4.68. The highest BCUT2D eigenvalue weighted by Crippen LogP contribution is 2.09. The first kappa shape index (κ1) is 12.7. The van der Waals surface area contributed by atoms with Crippen molar-refractivity contribution in [3.63, 3.8) is 0 Å². The zero-order valence-electron chi connectivity index (χ0n) is 10.0. The fourth-order valence-corrected chi connectivity index (χ4v) is 2.37. The molecule has 4 heteroatoms. The van der Waals surface area contributed by atoms with Crippen molar-refractivity contribution < 1.29 is 0 Å². The van der Waals surface area contributed by atoms with Gasteiger partial charge in [0.05, 0.1) is 12.3 Å². The van der Waals surface area contributed by atoms with E-state index in [4.69, 9.17) is 12.2 Å². The smallest absolute Gasteiger partial charge is 0.168 e. The van der Waals surface area contributed by atoms with Gasteiger partial charge in [0, 0.05) is 6.54 Å². The van der Waals surface area contributed by atoms with Crippen LogP contribution in [0.25, 0.3) is 0 Å². The van der Waals surface area contributed by atoms with E-state index < -0.39 is 0 Å².